The summed E-state index contributed by atoms with van der Waals surface area (Å²) in [6.07, 6.45) is 1.98. The summed E-state index contributed by atoms with van der Waals surface area (Å²) < 4.78 is 7.16. The minimum atomic E-state index is 0.632. The summed E-state index contributed by atoms with van der Waals surface area (Å²) in [5, 5.41) is 5.35. The molecule has 2 rings (SSSR count). The van der Waals surface area contributed by atoms with Crippen molar-refractivity contribution in [2.45, 2.75) is 20.4 Å². The second-order valence-electron chi connectivity index (χ2n) is 2.98. The van der Waals surface area contributed by atoms with Crippen molar-refractivity contribution in [2.75, 3.05) is 6.61 Å². The second kappa shape index (κ2) is 3.65. The number of pyridine rings is 1. The molecule has 14 heavy (non-hydrogen) atoms. The van der Waals surface area contributed by atoms with E-state index in [1.165, 1.54) is 0 Å². The zero-order chi connectivity index (χ0) is 9.97. The first-order chi connectivity index (χ1) is 6.83. The van der Waals surface area contributed by atoms with E-state index in [2.05, 4.69) is 17.0 Å². The molecule has 0 aliphatic rings. The monoisotopic (exact) mass is 191 g/mol. The third-order valence-electron chi connectivity index (χ3n) is 2.01. The number of fused-ring (bicyclic) bond motifs is 1. The van der Waals surface area contributed by atoms with Crippen LogP contribution in [0.3, 0.4) is 0 Å². The average molecular weight is 191 g/mol. The van der Waals surface area contributed by atoms with Gasteiger partial charge in [-0.05, 0) is 19.9 Å². The van der Waals surface area contributed by atoms with Gasteiger partial charge >= 0.3 is 0 Å². The SMILES string of the molecule is CCOc1ccc2cn(CC)nc2n1. The molecule has 0 spiro atoms. The first kappa shape index (κ1) is 8.99. The molecule has 0 saturated heterocycles. The average Bonchev–Trinajstić information content (AvgIpc) is 2.60. The predicted octanol–water partition coefficient (Wildman–Crippen LogP) is 1.85. The molecule has 0 bridgehead atoms. The molecule has 0 N–H and O–H groups in total. The first-order valence-corrected chi connectivity index (χ1v) is 4.80. The predicted molar refractivity (Wildman–Crippen MR) is 54.4 cm³/mol. The standard InChI is InChI=1S/C10H13N3O/c1-3-13-7-8-5-6-9(14-4-2)11-10(8)12-13/h5-7H,3-4H2,1-2H3. The highest BCUT2D eigenvalue weighted by molar-refractivity contribution is 5.74. The van der Waals surface area contributed by atoms with Crippen LogP contribution in [0.25, 0.3) is 11.0 Å². The molecule has 0 aliphatic heterocycles. The molecule has 0 aliphatic carbocycles. The van der Waals surface area contributed by atoms with E-state index < -0.39 is 0 Å². The van der Waals surface area contributed by atoms with Gasteiger partial charge in [-0.3, -0.25) is 4.68 Å². The summed E-state index contributed by atoms with van der Waals surface area (Å²) in [6.45, 7) is 5.49. The largest absolute Gasteiger partial charge is 0.478 e. The van der Waals surface area contributed by atoms with E-state index in [1.54, 1.807) is 0 Å². The number of hydrogen-bond donors (Lipinski definition) is 0. The number of aromatic nitrogens is 3. The maximum absolute atomic E-state index is 5.30. The third kappa shape index (κ3) is 1.55. The number of nitrogens with zero attached hydrogens (tertiary/aromatic N) is 3. The van der Waals surface area contributed by atoms with Crippen molar-refractivity contribution in [3.05, 3.63) is 18.3 Å². The number of ether oxygens (including phenoxy) is 1. The molecule has 0 unspecified atom stereocenters. The highest BCUT2D eigenvalue weighted by atomic mass is 16.5. The van der Waals surface area contributed by atoms with Crippen LogP contribution < -0.4 is 4.74 Å². The van der Waals surface area contributed by atoms with E-state index in [9.17, 15) is 0 Å². The van der Waals surface area contributed by atoms with Gasteiger partial charge in [-0.15, -0.1) is 0 Å². The Morgan fingerprint density at radius 2 is 2.21 bits per heavy atom. The lowest BCUT2D eigenvalue weighted by molar-refractivity contribution is 0.328. The van der Waals surface area contributed by atoms with Crippen molar-refractivity contribution >= 4 is 11.0 Å². The highest BCUT2D eigenvalue weighted by Gasteiger charge is 2.02. The molecule has 0 atom stereocenters. The lowest BCUT2D eigenvalue weighted by atomic mass is 10.3. The van der Waals surface area contributed by atoms with Gasteiger partial charge in [0.25, 0.3) is 0 Å². The minimum absolute atomic E-state index is 0.632. The molecule has 2 heterocycles. The summed E-state index contributed by atoms with van der Waals surface area (Å²) in [4.78, 5) is 4.28. The van der Waals surface area contributed by atoms with Crippen LogP contribution in [0, 0.1) is 0 Å². The Kier molecular flexibility index (Phi) is 2.35. The topological polar surface area (TPSA) is 39.9 Å². The summed E-state index contributed by atoms with van der Waals surface area (Å²) >= 11 is 0. The molecule has 4 nitrogen and oxygen atoms in total. The maximum atomic E-state index is 5.30. The molecule has 2 aromatic heterocycles. The Balaban J connectivity index is 2.43. The van der Waals surface area contributed by atoms with Crippen LogP contribution in [0.2, 0.25) is 0 Å². The van der Waals surface area contributed by atoms with Crippen LogP contribution in [0.4, 0.5) is 0 Å². The van der Waals surface area contributed by atoms with Crippen molar-refractivity contribution in [3.63, 3.8) is 0 Å². The molecule has 4 heteroatoms. The fraction of sp³-hybridized carbons (Fsp3) is 0.400. The molecule has 0 radical (unpaired) electrons. The lowest BCUT2D eigenvalue weighted by Crippen LogP contribution is -1.95. The zero-order valence-corrected chi connectivity index (χ0v) is 8.40. The van der Waals surface area contributed by atoms with E-state index in [0.29, 0.717) is 12.5 Å². The minimum Gasteiger partial charge on any atom is -0.478 e. The third-order valence-corrected chi connectivity index (χ3v) is 2.01. The molecule has 0 aromatic carbocycles. The van der Waals surface area contributed by atoms with Gasteiger partial charge in [0.15, 0.2) is 5.65 Å². The van der Waals surface area contributed by atoms with E-state index in [-0.39, 0.29) is 0 Å². The molecule has 74 valence electrons. The van der Waals surface area contributed by atoms with Crippen LogP contribution in [-0.2, 0) is 6.54 Å². The van der Waals surface area contributed by atoms with Crippen LogP contribution in [0.15, 0.2) is 18.3 Å². The van der Waals surface area contributed by atoms with Crippen molar-refractivity contribution in [2.24, 2.45) is 0 Å². The lowest BCUT2D eigenvalue weighted by Gasteiger charge is -1.99. The number of rotatable bonds is 3. The van der Waals surface area contributed by atoms with Crippen LogP contribution in [0.5, 0.6) is 5.88 Å². The van der Waals surface area contributed by atoms with Gasteiger partial charge < -0.3 is 4.74 Å². The van der Waals surface area contributed by atoms with Crippen molar-refractivity contribution in [1.29, 1.82) is 0 Å². The highest BCUT2D eigenvalue weighted by Crippen LogP contribution is 2.14. The summed E-state index contributed by atoms with van der Waals surface area (Å²) in [5.41, 5.74) is 0.748. The Morgan fingerprint density at radius 3 is 2.93 bits per heavy atom. The Hall–Kier alpha value is -1.58. The van der Waals surface area contributed by atoms with Crippen molar-refractivity contribution in [3.8, 4) is 5.88 Å². The van der Waals surface area contributed by atoms with E-state index in [0.717, 1.165) is 17.6 Å². The fourth-order valence-electron chi connectivity index (χ4n) is 1.32. The summed E-state index contributed by atoms with van der Waals surface area (Å²) in [6, 6.07) is 3.85. The van der Waals surface area contributed by atoms with Gasteiger partial charge in [-0.25, -0.2) is 0 Å². The molecule has 0 amide bonds. The molecule has 0 fully saturated rings. The van der Waals surface area contributed by atoms with E-state index in [4.69, 9.17) is 4.74 Å². The van der Waals surface area contributed by atoms with Gasteiger partial charge in [0, 0.05) is 24.2 Å². The van der Waals surface area contributed by atoms with Crippen LogP contribution in [-0.4, -0.2) is 21.4 Å². The zero-order valence-electron chi connectivity index (χ0n) is 8.40. The maximum Gasteiger partial charge on any atom is 0.215 e. The molecule has 0 saturated carbocycles. The fourth-order valence-corrected chi connectivity index (χ4v) is 1.32. The summed E-state index contributed by atoms with van der Waals surface area (Å²) in [7, 11) is 0. The van der Waals surface area contributed by atoms with E-state index >= 15 is 0 Å². The Bertz CT molecular complexity index is 436. The Labute approximate surface area is 82.5 Å². The van der Waals surface area contributed by atoms with Gasteiger partial charge in [-0.2, -0.15) is 10.1 Å². The second-order valence-corrected chi connectivity index (χ2v) is 2.98. The van der Waals surface area contributed by atoms with Gasteiger partial charge in [0.2, 0.25) is 5.88 Å². The smallest absolute Gasteiger partial charge is 0.215 e. The van der Waals surface area contributed by atoms with Gasteiger partial charge in [-0.1, -0.05) is 0 Å². The molecule has 2 aromatic rings. The summed E-state index contributed by atoms with van der Waals surface area (Å²) in [5.74, 6) is 0.640. The van der Waals surface area contributed by atoms with E-state index in [1.807, 2.05) is 29.9 Å². The van der Waals surface area contributed by atoms with Crippen molar-refractivity contribution in [1.82, 2.24) is 14.8 Å². The first-order valence-electron chi connectivity index (χ1n) is 4.80. The number of hydrogen-bond acceptors (Lipinski definition) is 3. The number of aryl methyl sites for hydroxylation is 1. The van der Waals surface area contributed by atoms with Gasteiger partial charge in [0.05, 0.1) is 6.61 Å². The quantitative estimate of drug-likeness (QED) is 0.743. The molecular weight excluding hydrogens is 178 g/mol. The normalized spacial score (nSPS) is 10.7. The van der Waals surface area contributed by atoms with Crippen molar-refractivity contribution < 1.29 is 4.74 Å². The van der Waals surface area contributed by atoms with Crippen LogP contribution >= 0.6 is 0 Å². The van der Waals surface area contributed by atoms with Crippen LogP contribution in [0.1, 0.15) is 13.8 Å². The van der Waals surface area contributed by atoms with Gasteiger partial charge in [0.1, 0.15) is 0 Å². The Morgan fingerprint density at radius 1 is 1.36 bits per heavy atom. The molecular formula is C10H13N3O.